The molecule has 1 aliphatic rings. The monoisotopic (exact) mass is 275 g/mol. The molecule has 3 N–H and O–H groups in total. The molecule has 20 heavy (non-hydrogen) atoms. The Morgan fingerprint density at radius 1 is 1.20 bits per heavy atom. The summed E-state index contributed by atoms with van der Waals surface area (Å²) in [6.45, 7) is 0.765. The summed E-state index contributed by atoms with van der Waals surface area (Å²) in [6.07, 6.45) is 4.41. The van der Waals surface area contributed by atoms with Crippen LogP contribution in [0.5, 0.6) is 0 Å². The number of nitrogens with one attached hydrogen (secondary N) is 1. The highest BCUT2D eigenvalue weighted by molar-refractivity contribution is 5.94. The first-order chi connectivity index (χ1) is 9.56. The van der Waals surface area contributed by atoms with Crippen LogP contribution in [0.1, 0.15) is 36.0 Å². The highest BCUT2D eigenvalue weighted by atomic mass is 16.1. The zero-order chi connectivity index (χ0) is 14.5. The molecule has 0 aliphatic heterocycles. The average Bonchev–Trinajstić information content (AvgIpc) is 2.46. The van der Waals surface area contributed by atoms with E-state index in [1.165, 1.54) is 0 Å². The first-order valence-electron chi connectivity index (χ1n) is 7.37. The van der Waals surface area contributed by atoms with Gasteiger partial charge in [0.15, 0.2) is 0 Å². The second-order valence-electron chi connectivity index (χ2n) is 5.93. The minimum absolute atomic E-state index is 0.0187. The van der Waals surface area contributed by atoms with E-state index in [1.54, 1.807) is 0 Å². The molecule has 4 heteroatoms. The second-order valence-corrected chi connectivity index (χ2v) is 5.93. The van der Waals surface area contributed by atoms with E-state index in [2.05, 4.69) is 5.32 Å². The summed E-state index contributed by atoms with van der Waals surface area (Å²) in [4.78, 5) is 14.1. The lowest BCUT2D eigenvalue weighted by molar-refractivity contribution is 0.0943. The summed E-state index contributed by atoms with van der Waals surface area (Å²) in [5.41, 5.74) is 7.72. The van der Waals surface area contributed by atoms with Crippen LogP contribution in [-0.2, 0) is 0 Å². The van der Waals surface area contributed by atoms with Gasteiger partial charge in [-0.1, -0.05) is 0 Å². The van der Waals surface area contributed by atoms with Crippen molar-refractivity contribution in [2.75, 3.05) is 25.5 Å². The molecule has 0 bridgehead atoms. The third kappa shape index (κ3) is 3.97. The van der Waals surface area contributed by atoms with Gasteiger partial charge in [-0.15, -0.1) is 0 Å². The van der Waals surface area contributed by atoms with Crippen LogP contribution in [0.25, 0.3) is 0 Å². The van der Waals surface area contributed by atoms with Crippen molar-refractivity contribution in [3.8, 4) is 0 Å². The minimum Gasteiger partial charge on any atom is -0.378 e. The smallest absolute Gasteiger partial charge is 0.251 e. The van der Waals surface area contributed by atoms with Crippen molar-refractivity contribution in [1.82, 2.24) is 5.32 Å². The van der Waals surface area contributed by atoms with Crippen molar-refractivity contribution >= 4 is 11.6 Å². The molecule has 1 aromatic carbocycles. The lowest BCUT2D eigenvalue weighted by atomic mass is 9.86. The van der Waals surface area contributed by atoms with E-state index in [4.69, 9.17) is 5.73 Å². The summed E-state index contributed by atoms with van der Waals surface area (Å²) < 4.78 is 0. The molecule has 0 atom stereocenters. The fraction of sp³-hybridized carbons (Fsp3) is 0.562. The third-order valence-electron chi connectivity index (χ3n) is 4.09. The zero-order valence-corrected chi connectivity index (χ0v) is 12.4. The third-order valence-corrected chi connectivity index (χ3v) is 4.09. The van der Waals surface area contributed by atoms with E-state index in [0.717, 1.165) is 43.5 Å². The molecule has 1 amide bonds. The highest BCUT2D eigenvalue weighted by Crippen LogP contribution is 2.22. The Morgan fingerprint density at radius 2 is 1.80 bits per heavy atom. The Bertz CT molecular complexity index is 434. The van der Waals surface area contributed by atoms with Gasteiger partial charge < -0.3 is 16.0 Å². The molecule has 0 spiro atoms. The summed E-state index contributed by atoms with van der Waals surface area (Å²) in [7, 11) is 3.98. The molecule has 0 saturated heterocycles. The van der Waals surface area contributed by atoms with Crippen molar-refractivity contribution < 1.29 is 4.79 Å². The topological polar surface area (TPSA) is 58.4 Å². The zero-order valence-electron chi connectivity index (χ0n) is 12.4. The van der Waals surface area contributed by atoms with Crippen LogP contribution >= 0.6 is 0 Å². The van der Waals surface area contributed by atoms with Crippen LogP contribution in [0.15, 0.2) is 24.3 Å². The molecule has 0 aromatic heterocycles. The number of amides is 1. The van der Waals surface area contributed by atoms with Gasteiger partial charge in [0, 0.05) is 37.9 Å². The van der Waals surface area contributed by atoms with Gasteiger partial charge in [0.2, 0.25) is 0 Å². The SMILES string of the molecule is CN(C)c1ccc(C(=O)NCC2CCC(N)CC2)cc1. The molecule has 1 aromatic rings. The summed E-state index contributed by atoms with van der Waals surface area (Å²) in [5.74, 6) is 0.602. The quantitative estimate of drug-likeness (QED) is 0.883. The number of benzene rings is 1. The first-order valence-corrected chi connectivity index (χ1v) is 7.37. The molecule has 1 saturated carbocycles. The Balaban J connectivity index is 1.82. The highest BCUT2D eigenvalue weighted by Gasteiger charge is 2.19. The van der Waals surface area contributed by atoms with Crippen molar-refractivity contribution in [1.29, 1.82) is 0 Å². The number of anilines is 1. The lowest BCUT2D eigenvalue weighted by Crippen LogP contribution is -2.34. The Kier molecular flexibility index (Phi) is 5.01. The number of carbonyl (C=O) groups is 1. The lowest BCUT2D eigenvalue weighted by Gasteiger charge is -2.26. The summed E-state index contributed by atoms with van der Waals surface area (Å²) in [6, 6.07) is 8.05. The largest absolute Gasteiger partial charge is 0.378 e. The van der Waals surface area contributed by atoms with Crippen molar-refractivity contribution in [2.24, 2.45) is 11.7 Å². The number of hydrogen-bond donors (Lipinski definition) is 2. The average molecular weight is 275 g/mol. The van der Waals surface area contributed by atoms with Gasteiger partial charge in [0.1, 0.15) is 0 Å². The van der Waals surface area contributed by atoms with Gasteiger partial charge in [-0.2, -0.15) is 0 Å². The van der Waals surface area contributed by atoms with Gasteiger partial charge in [0.25, 0.3) is 5.91 Å². The van der Waals surface area contributed by atoms with E-state index in [-0.39, 0.29) is 5.91 Å². The van der Waals surface area contributed by atoms with Crippen LogP contribution in [-0.4, -0.2) is 32.6 Å². The Labute approximate surface area is 121 Å². The molecule has 0 radical (unpaired) electrons. The maximum absolute atomic E-state index is 12.1. The molecular formula is C16H25N3O. The van der Waals surface area contributed by atoms with E-state index >= 15 is 0 Å². The van der Waals surface area contributed by atoms with Gasteiger partial charge >= 0.3 is 0 Å². The molecule has 4 nitrogen and oxygen atoms in total. The molecule has 2 rings (SSSR count). The van der Waals surface area contributed by atoms with Gasteiger partial charge in [-0.3, -0.25) is 4.79 Å². The van der Waals surface area contributed by atoms with Crippen LogP contribution in [0.4, 0.5) is 5.69 Å². The number of rotatable bonds is 4. The van der Waals surface area contributed by atoms with E-state index < -0.39 is 0 Å². The van der Waals surface area contributed by atoms with E-state index in [9.17, 15) is 4.79 Å². The molecule has 0 heterocycles. The maximum Gasteiger partial charge on any atom is 0.251 e. The number of carbonyl (C=O) groups excluding carboxylic acids is 1. The van der Waals surface area contributed by atoms with Crippen molar-refractivity contribution in [3.05, 3.63) is 29.8 Å². The number of nitrogens with zero attached hydrogens (tertiary/aromatic N) is 1. The molecule has 1 aliphatic carbocycles. The standard InChI is InChI=1S/C16H25N3O/c1-19(2)15-9-5-13(6-10-15)16(20)18-11-12-3-7-14(17)8-4-12/h5-6,9-10,12,14H,3-4,7-8,11,17H2,1-2H3,(H,18,20). The molecular weight excluding hydrogens is 250 g/mol. The van der Waals surface area contributed by atoms with Crippen LogP contribution < -0.4 is 16.0 Å². The first kappa shape index (κ1) is 14.9. The van der Waals surface area contributed by atoms with E-state index in [1.807, 2.05) is 43.3 Å². The molecule has 1 fully saturated rings. The normalized spacial score (nSPS) is 22.4. The van der Waals surface area contributed by atoms with Crippen LogP contribution in [0.3, 0.4) is 0 Å². The Hall–Kier alpha value is -1.55. The number of nitrogens with two attached hydrogens (primary N) is 1. The predicted molar refractivity (Wildman–Crippen MR) is 83.0 cm³/mol. The minimum atomic E-state index is 0.0187. The summed E-state index contributed by atoms with van der Waals surface area (Å²) in [5, 5.41) is 3.04. The second kappa shape index (κ2) is 6.75. The maximum atomic E-state index is 12.1. The summed E-state index contributed by atoms with van der Waals surface area (Å²) >= 11 is 0. The Morgan fingerprint density at radius 3 is 2.35 bits per heavy atom. The van der Waals surface area contributed by atoms with Gasteiger partial charge in [-0.25, -0.2) is 0 Å². The molecule has 110 valence electrons. The fourth-order valence-corrected chi connectivity index (χ4v) is 2.64. The molecule has 0 unspecified atom stereocenters. The van der Waals surface area contributed by atoms with Gasteiger partial charge in [0.05, 0.1) is 0 Å². The predicted octanol–water partition coefficient (Wildman–Crippen LogP) is 2.00. The fourth-order valence-electron chi connectivity index (χ4n) is 2.64. The van der Waals surface area contributed by atoms with Crippen LogP contribution in [0, 0.1) is 5.92 Å². The van der Waals surface area contributed by atoms with Gasteiger partial charge in [-0.05, 0) is 55.9 Å². The number of hydrogen-bond acceptors (Lipinski definition) is 3. The van der Waals surface area contributed by atoms with Crippen LogP contribution in [0.2, 0.25) is 0 Å². The van der Waals surface area contributed by atoms with E-state index in [0.29, 0.717) is 12.0 Å². The van der Waals surface area contributed by atoms with Crippen molar-refractivity contribution in [2.45, 2.75) is 31.7 Å². The van der Waals surface area contributed by atoms with Crippen molar-refractivity contribution in [3.63, 3.8) is 0 Å².